The summed E-state index contributed by atoms with van der Waals surface area (Å²) in [5, 5.41) is 4.35. The van der Waals surface area contributed by atoms with Crippen LogP contribution >= 0.6 is 11.8 Å². The zero-order valence-corrected chi connectivity index (χ0v) is 16.9. The first-order chi connectivity index (χ1) is 14.2. The van der Waals surface area contributed by atoms with Crippen LogP contribution in [0.15, 0.2) is 112 Å². The Balaban J connectivity index is 1.73. The molecule has 4 aromatic carbocycles. The second-order valence-electron chi connectivity index (χ2n) is 6.73. The van der Waals surface area contributed by atoms with Gasteiger partial charge in [0.2, 0.25) is 0 Å². The van der Waals surface area contributed by atoms with Crippen LogP contribution in [0, 0.1) is 12.7 Å². The Labute approximate surface area is 174 Å². The number of hydrogen-bond acceptors (Lipinski definition) is 2. The van der Waals surface area contributed by atoms with Gasteiger partial charge >= 0.3 is 0 Å². The summed E-state index contributed by atoms with van der Waals surface area (Å²) >= 11 is 1.54. The van der Waals surface area contributed by atoms with Gasteiger partial charge in [0, 0.05) is 10.5 Å². The lowest BCUT2D eigenvalue weighted by Crippen LogP contribution is -1.97. The van der Waals surface area contributed by atoms with Crippen molar-refractivity contribution in [2.75, 3.05) is 0 Å². The highest BCUT2D eigenvalue weighted by atomic mass is 32.2. The smallest absolute Gasteiger partial charge is 0.123 e. The lowest BCUT2D eigenvalue weighted by atomic mass is 10.0. The van der Waals surface area contributed by atoms with Crippen LogP contribution in [-0.2, 0) is 0 Å². The van der Waals surface area contributed by atoms with Crippen molar-refractivity contribution < 1.29 is 4.39 Å². The van der Waals surface area contributed by atoms with E-state index in [1.807, 2.05) is 35.7 Å². The monoisotopic (exact) mass is 397 g/mol. The van der Waals surface area contributed by atoms with Gasteiger partial charge in [-0.1, -0.05) is 71.9 Å². The second kappa shape index (κ2) is 8.89. The summed E-state index contributed by atoms with van der Waals surface area (Å²) in [6.45, 7) is 2.07. The van der Waals surface area contributed by atoms with Gasteiger partial charge in [0.15, 0.2) is 0 Å². The summed E-state index contributed by atoms with van der Waals surface area (Å²) in [7, 11) is 0. The predicted molar refractivity (Wildman–Crippen MR) is 123 cm³/mol. The molecule has 0 unspecified atom stereocenters. The summed E-state index contributed by atoms with van der Waals surface area (Å²) in [6.07, 6.45) is 2.02. The highest BCUT2D eigenvalue weighted by Gasteiger charge is 2.06. The molecule has 0 aliphatic rings. The van der Waals surface area contributed by atoms with E-state index in [1.165, 1.54) is 23.1 Å². The number of aryl methyl sites for hydroxylation is 1. The van der Waals surface area contributed by atoms with Crippen LogP contribution < -0.4 is 0 Å². The number of benzene rings is 4. The standard InChI is InChI=1S/C26H20FNS/c1-19-9-13-22(14-10-19)28-26(17-18-29-23-15-11-21(27)12-16-23)25-8-4-6-20-5-2-3-7-24(20)25/h2-18H,1H3. The Morgan fingerprint density at radius 3 is 2.34 bits per heavy atom. The zero-order valence-electron chi connectivity index (χ0n) is 16.0. The fourth-order valence-electron chi connectivity index (χ4n) is 3.08. The van der Waals surface area contributed by atoms with Crippen LogP contribution in [0.1, 0.15) is 11.1 Å². The van der Waals surface area contributed by atoms with Gasteiger partial charge in [-0.15, -0.1) is 0 Å². The first-order valence-corrected chi connectivity index (χ1v) is 10.3. The third-order valence-corrected chi connectivity index (χ3v) is 5.41. The van der Waals surface area contributed by atoms with E-state index in [9.17, 15) is 4.39 Å². The third kappa shape index (κ3) is 4.82. The van der Waals surface area contributed by atoms with E-state index in [4.69, 9.17) is 4.99 Å². The highest BCUT2D eigenvalue weighted by molar-refractivity contribution is 8.02. The number of halogens is 1. The minimum Gasteiger partial charge on any atom is -0.248 e. The minimum atomic E-state index is -0.226. The Morgan fingerprint density at radius 1 is 0.828 bits per heavy atom. The van der Waals surface area contributed by atoms with E-state index in [1.54, 1.807) is 23.9 Å². The number of allylic oxidation sites excluding steroid dienone is 1. The number of hydrogen-bond donors (Lipinski definition) is 0. The van der Waals surface area contributed by atoms with Crippen molar-refractivity contribution in [1.82, 2.24) is 0 Å². The maximum absolute atomic E-state index is 13.1. The van der Waals surface area contributed by atoms with Gasteiger partial charge in [0.05, 0.1) is 11.4 Å². The molecule has 3 heteroatoms. The first-order valence-electron chi connectivity index (χ1n) is 9.41. The number of thioether (sulfide) groups is 1. The Kier molecular flexibility index (Phi) is 5.87. The average Bonchev–Trinajstić information content (AvgIpc) is 2.75. The molecule has 0 aliphatic heterocycles. The van der Waals surface area contributed by atoms with Crippen LogP contribution in [0.5, 0.6) is 0 Å². The molecule has 0 aromatic heterocycles. The maximum Gasteiger partial charge on any atom is 0.123 e. The van der Waals surface area contributed by atoms with Gasteiger partial charge in [-0.2, -0.15) is 0 Å². The van der Waals surface area contributed by atoms with Crippen LogP contribution in [0.2, 0.25) is 0 Å². The van der Waals surface area contributed by atoms with Gasteiger partial charge < -0.3 is 0 Å². The second-order valence-corrected chi connectivity index (χ2v) is 7.71. The van der Waals surface area contributed by atoms with Crippen molar-refractivity contribution in [3.8, 4) is 0 Å². The molecule has 29 heavy (non-hydrogen) atoms. The quantitative estimate of drug-likeness (QED) is 0.248. The van der Waals surface area contributed by atoms with Gasteiger partial charge in [-0.05, 0) is 65.6 Å². The summed E-state index contributed by atoms with van der Waals surface area (Å²) in [5.41, 5.74) is 4.09. The van der Waals surface area contributed by atoms with Gasteiger partial charge in [0.25, 0.3) is 0 Å². The van der Waals surface area contributed by atoms with Crippen molar-refractivity contribution in [3.63, 3.8) is 0 Å². The van der Waals surface area contributed by atoms with E-state index in [0.717, 1.165) is 27.2 Å². The molecule has 142 valence electrons. The molecule has 4 rings (SSSR count). The molecule has 0 atom stereocenters. The fraction of sp³-hybridized carbons (Fsp3) is 0.0385. The summed E-state index contributed by atoms with van der Waals surface area (Å²) < 4.78 is 13.1. The van der Waals surface area contributed by atoms with Gasteiger partial charge in [-0.25, -0.2) is 9.38 Å². The molecule has 0 bridgehead atoms. The molecule has 4 aromatic rings. The lowest BCUT2D eigenvalue weighted by Gasteiger charge is -2.08. The van der Waals surface area contributed by atoms with Gasteiger partial charge in [0.1, 0.15) is 5.82 Å². The van der Waals surface area contributed by atoms with Crippen LogP contribution in [-0.4, -0.2) is 5.71 Å². The molecule has 0 aliphatic carbocycles. The molecule has 0 heterocycles. The van der Waals surface area contributed by atoms with Crippen molar-refractivity contribution >= 4 is 33.9 Å². The predicted octanol–water partition coefficient (Wildman–Crippen LogP) is 7.71. The molecule has 1 nitrogen and oxygen atoms in total. The normalized spacial score (nSPS) is 12.0. The summed E-state index contributed by atoms with van der Waals surface area (Å²) in [4.78, 5) is 5.90. The van der Waals surface area contributed by atoms with Gasteiger partial charge in [-0.3, -0.25) is 0 Å². The molecule has 0 amide bonds. The Bertz CT molecular complexity index is 1170. The van der Waals surface area contributed by atoms with E-state index in [2.05, 4.69) is 49.4 Å². The zero-order chi connectivity index (χ0) is 20.1. The van der Waals surface area contributed by atoms with Crippen molar-refractivity contribution in [2.24, 2.45) is 4.99 Å². The maximum atomic E-state index is 13.1. The van der Waals surface area contributed by atoms with Crippen molar-refractivity contribution in [1.29, 1.82) is 0 Å². The summed E-state index contributed by atoms with van der Waals surface area (Å²) in [6, 6.07) is 29.3. The topological polar surface area (TPSA) is 12.4 Å². The van der Waals surface area contributed by atoms with Crippen molar-refractivity contribution in [3.05, 3.63) is 119 Å². The molecule has 0 saturated carbocycles. The van der Waals surface area contributed by atoms with E-state index in [-0.39, 0.29) is 5.82 Å². The third-order valence-electron chi connectivity index (χ3n) is 4.59. The van der Waals surface area contributed by atoms with Crippen LogP contribution in [0.25, 0.3) is 10.8 Å². The molecule has 0 spiro atoms. The van der Waals surface area contributed by atoms with Crippen molar-refractivity contribution in [2.45, 2.75) is 11.8 Å². The van der Waals surface area contributed by atoms with Crippen LogP contribution in [0.4, 0.5) is 10.1 Å². The Morgan fingerprint density at radius 2 is 1.55 bits per heavy atom. The minimum absolute atomic E-state index is 0.226. The van der Waals surface area contributed by atoms with E-state index < -0.39 is 0 Å². The highest BCUT2D eigenvalue weighted by Crippen LogP contribution is 2.24. The largest absolute Gasteiger partial charge is 0.248 e. The summed E-state index contributed by atoms with van der Waals surface area (Å²) in [5.74, 6) is -0.226. The number of fused-ring (bicyclic) bond motifs is 1. The SMILES string of the molecule is Cc1ccc(N=C(C=CSc2ccc(F)cc2)c2cccc3ccccc23)cc1. The first kappa shape index (κ1) is 19.2. The fourth-order valence-corrected chi connectivity index (χ4v) is 3.73. The van der Waals surface area contributed by atoms with E-state index in [0.29, 0.717) is 0 Å². The average molecular weight is 398 g/mol. The molecule has 0 fully saturated rings. The number of aliphatic imine (C=N–C) groups is 1. The Hall–Kier alpha value is -3.17. The number of rotatable bonds is 5. The van der Waals surface area contributed by atoms with E-state index >= 15 is 0 Å². The molecule has 0 saturated heterocycles. The van der Waals surface area contributed by atoms with Crippen LogP contribution in [0.3, 0.4) is 0 Å². The molecular formula is C26H20FNS. The molecular weight excluding hydrogens is 377 g/mol. The number of nitrogens with zero attached hydrogens (tertiary/aromatic N) is 1. The molecule has 0 radical (unpaired) electrons. The lowest BCUT2D eigenvalue weighted by molar-refractivity contribution is 0.626. The molecule has 0 N–H and O–H groups in total.